The average Bonchev–Trinajstić information content (AvgIpc) is 2.76. The number of fused-ring (bicyclic) bond motifs is 2. The molecule has 0 fully saturated rings. The van der Waals surface area contributed by atoms with Crippen LogP contribution >= 0.6 is 0 Å². The monoisotopic (exact) mass is 415 g/mol. The second kappa shape index (κ2) is 7.78. The standard InChI is InChI=1S/C21H25N3O4S/c22-19(14-25)21(26)23-11-9-15-7-8-18(12-17(15)13-23)29(27,28)24-10-3-5-16-4-1-2-6-20(16)24/h1-2,4,6-8,12,19,25H,3,5,9-11,13-14,22H2/t19-/m0/s1. The van der Waals surface area contributed by atoms with Crippen LogP contribution in [0.1, 0.15) is 23.1 Å². The van der Waals surface area contributed by atoms with E-state index in [1.165, 1.54) is 4.31 Å². The summed E-state index contributed by atoms with van der Waals surface area (Å²) in [5, 5.41) is 9.15. The Morgan fingerprint density at radius 2 is 1.86 bits per heavy atom. The molecule has 0 unspecified atom stereocenters. The molecule has 2 aliphatic rings. The van der Waals surface area contributed by atoms with E-state index in [9.17, 15) is 13.2 Å². The lowest BCUT2D eigenvalue weighted by molar-refractivity contribution is -0.134. The Labute approximate surface area is 170 Å². The van der Waals surface area contributed by atoms with Crippen LogP contribution in [-0.4, -0.2) is 50.1 Å². The van der Waals surface area contributed by atoms with Gasteiger partial charge in [0.15, 0.2) is 0 Å². The van der Waals surface area contributed by atoms with Crippen molar-refractivity contribution in [2.24, 2.45) is 5.73 Å². The number of aliphatic hydroxyl groups excluding tert-OH is 1. The topological polar surface area (TPSA) is 104 Å². The third kappa shape index (κ3) is 3.63. The number of hydrogen-bond acceptors (Lipinski definition) is 5. The number of aryl methyl sites for hydroxylation is 1. The van der Waals surface area contributed by atoms with E-state index in [1.807, 2.05) is 30.3 Å². The molecule has 1 atom stereocenters. The van der Waals surface area contributed by atoms with Crippen molar-refractivity contribution in [3.63, 3.8) is 0 Å². The van der Waals surface area contributed by atoms with E-state index < -0.39 is 22.7 Å². The summed E-state index contributed by atoms with van der Waals surface area (Å²) in [6, 6.07) is 11.8. The zero-order valence-electron chi connectivity index (χ0n) is 16.1. The third-order valence-electron chi connectivity index (χ3n) is 5.67. The highest BCUT2D eigenvalue weighted by atomic mass is 32.2. The summed E-state index contributed by atoms with van der Waals surface area (Å²) in [4.78, 5) is 14.1. The van der Waals surface area contributed by atoms with Crippen LogP contribution in [0.25, 0.3) is 0 Å². The van der Waals surface area contributed by atoms with Crippen LogP contribution in [0.2, 0.25) is 0 Å². The molecule has 154 valence electrons. The minimum Gasteiger partial charge on any atom is -0.394 e. The van der Waals surface area contributed by atoms with Crippen LogP contribution < -0.4 is 10.0 Å². The predicted molar refractivity (Wildman–Crippen MR) is 110 cm³/mol. The van der Waals surface area contributed by atoms with Crippen molar-refractivity contribution in [2.75, 3.05) is 24.0 Å². The fourth-order valence-electron chi connectivity index (χ4n) is 4.07. The Hall–Kier alpha value is -2.42. The lowest BCUT2D eigenvalue weighted by Crippen LogP contribution is -2.47. The maximum atomic E-state index is 13.4. The van der Waals surface area contributed by atoms with Gasteiger partial charge in [-0.1, -0.05) is 24.3 Å². The summed E-state index contributed by atoms with van der Waals surface area (Å²) < 4.78 is 28.3. The van der Waals surface area contributed by atoms with Crippen molar-refractivity contribution in [1.29, 1.82) is 0 Å². The molecule has 0 saturated carbocycles. The molecule has 7 nitrogen and oxygen atoms in total. The number of aliphatic hydroxyl groups is 1. The normalized spacial score (nSPS) is 17.4. The second-order valence-electron chi connectivity index (χ2n) is 7.54. The Kier molecular flexibility index (Phi) is 5.33. The number of benzene rings is 2. The minimum absolute atomic E-state index is 0.230. The van der Waals surface area contributed by atoms with Gasteiger partial charge in [-0.25, -0.2) is 8.42 Å². The summed E-state index contributed by atoms with van der Waals surface area (Å²) in [5.41, 5.74) is 9.28. The first-order valence-electron chi connectivity index (χ1n) is 9.79. The Morgan fingerprint density at radius 1 is 1.07 bits per heavy atom. The summed E-state index contributed by atoms with van der Waals surface area (Å²) in [6.07, 6.45) is 2.28. The molecule has 0 aromatic heterocycles. The van der Waals surface area contributed by atoms with Gasteiger partial charge in [-0.2, -0.15) is 0 Å². The van der Waals surface area contributed by atoms with Gasteiger partial charge in [-0.15, -0.1) is 0 Å². The van der Waals surface area contributed by atoms with E-state index in [4.69, 9.17) is 10.8 Å². The summed E-state index contributed by atoms with van der Waals surface area (Å²) >= 11 is 0. The molecule has 2 heterocycles. The number of sulfonamides is 1. The number of carbonyl (C=O) groups is 1. The Morgan fingerprint density at radius 3 is 2.66 bits per heavy atom. The van der Waals surface area contributed by atoms with Crippen molar-refractivity contribution < 1.29 is 18.3 Å². The quantitative estimate of drug-likeness (QED) is 0.776. The Balaban J connectivity index is 1.65. The van der Waals surface area contributed by atoms with Crippen molar-refractivity contribution >= 4 is 21.6 Å². The summed E-state index contributed by atoms with van der Waals surface area (Å²) in [5.74, 6) is -0.323. The van der Waals surface area contributed by atoms with Gasteiger partial charge in [-0.05, 0) is 54.2 Å². The van der Waals surface area contributed by atoms with E-state index in [2.05, 4.69) is 0 Å². The number of carbonyl (C=O) groups excluding carboxylic acids is 1. The molecule has 0 radical (unpaired) electrons. The van der Waals surface area contributed by atoms with E-state index in [0.29, 0.717) is 26.1 Å². The van der Waals surface area contributed by atoms with Gasteiger partial charge in [-0.3, -0.25) is 9.10 Å². The number of hydrogen-bond donors (Lipinski definition) is 2. The first-order chi connectivity index (χ1) is 13.9. The molecule has 4 rings (SSSR count). The number of nitrogens with two attached hydrogens (primary N) is 1. The van der Waals surface area contributed by atoms with Gasteiger partial charge >= 0.3 is 0 Å². The maximum Gasteiger partial charge on any atom is 0.264 e. The van der Waals surface area contributed by atoms with Gasteiger partial charge in [0.1, 0.15) is 6.04 Å². The molecule has 2 aliphatic heterocycles. The summed E-state index contributed by atoms with van der Waals surface area (Å²) in [6.45, 7) is 0.838. The van der Waals surface area contributed by atoms with Crippen LogP contribution in [0.3, 0.4) is 0 Å². The molecule has 0 bridgehead atoms. The highest BCUT2D eigenvalue weighted by molar-refractivity contribution is 7.92. The fourth-order valence-corrected chi connectivity index (χ4v) is 5.66. The van der Waals surface area contributed by atoms with Crippen LogP contribution in [0.4, 0.5) is 5.69 Å². The van der Waals surface area contributed by atoms with Crippen LogP contribution in [0, 0.1) is 0 Å². The molecule has 0 spiro atoms. The van der Waals surface area contributed by atoms with Gasteiger partial charge < -0.3 is 15.7 Å². The first-order valence-corrected chi connectivity index (χ1v) is 11.2. The van der Waals surface area contributed by atoms with E-state index >= 15 is 0 Å². The minimum atomic E-state index is -3.70. The Bertz CT molecular complexity index is 1040. The second-order valence-corrected chi connectivity index (χ2v) is 9.40. The zero-order valence-corrected chi connectivity index (χ0v) is 16.9. The number of nitrogens with zero attached hydrogens (tertiary/aromatic N) is 2. The van der Waals surface area contributed by atoms with Crippen LogP contribution in [-0.2, 0) is 34.2 Å². The zero-order chi connectivity index (χ0) is 20.6. The number of para-hydroxylation sites is 1. The molecular weight excluding hydrogens is 390 g/mol. The number of amides is 1. The van der Waals surface area contributed by atoms with Gasteiger partial charge in [0.2, 0.25) is 5.91 Å². The van der Waals surface area contributed by atoms with Crippen molar-refractivity contribution in [3.05, 3.63) is 59.2 Å². The molecule has 2 aromatic rings. The van der Waals surface area contributed by atoms with Crippen LogP contribution in [0.5, 0.6) is 0 Å². The van der Waals surface area contributed by atoms with Gasteiger partial charge in [0.05, 0.1) is 17.2 Å². The van der Waals surface area contributed by atoms with Gasteiger partial charge in [0, 0.05) is 19.6 Å². The maximum absolute atomic E-state index is 13.4. The molecule has 0 aliphatic carbocycles. The highest BCUT2D eigenvalue weighted by Gasteiger charge is 2.31. The largest absolute Gasteiger partial charge is 0.394 e. The van der Waals surface area contributed by atoms with E-state index in [0.717, 1.165) is 35.2 Å². The SMILES string of the molecule is N[C@@H](CO)C(=O)N1CCc2ccc(S(=O)(=O)N3CCCc4ccccc43)cc2C1. The summed E-state index contributed by atoms with van der Waals surface area (Å²) in [7, 11) is -3.70. The molecule has 1 amide bonds. The van der Waals surface area contributed by atoms with Crippen LogP contribution in [0.15, 0.2) is 47.4 Å². The van der Waals surface area contributed by atoms with E-state index in [-0.39, 0.29) is 10.8 Å². The lowest BCUT2D eigenvalue weighted by Gasteiger charge is -2.32. The first kappa shape index (κ1) is 19.9. The third-order valence-corrected chi connectivity index (χ3v) is 7.48. The molecule has 8 heteroatoms. The number of rotatable bonds is 4. The molecule has 2 aromatic carbocycles. The van der Waals surface area contributed by atoms with Crippen molar-refractivity contribution in [3.8, 4) is 0 Å². The molecular formula is C21H25N3O4S. The lowest BCUT2D eigenvalue weighted by atomic mass is 9.99. The fraction of sp³-hybridized carbons (Fsp3) is 0.381. The highest BCUT2D eigenvalue weighted by Crippen LogP contribution is 2.33. The van der Waals surface area contributed by atoms with Crippen molar-refractivity contribution in [2.45, 2.75) is 36.7 Å². The average molecular weight is 416 g/mol. The number of anilines is 1. The van der Waals surface area contributed by atoms with Crippen molar-refractivity contribution in [1.82, 2.24) is 4.90 Å². The van der Waals surface area contributed by atoms with E-state index in [1.54, 1.807) is 17.0 Å². The molecule has 0 saturated heterocycles. The van der Waals surface area contributed by atoms with Gasteiger partial charge in [0.25, 0.3) is 10.0 Å². The molecule has 3 N–H and O–H groups in total. The predicted octanol–water partition coefficient (Wildman–Crippen LogP) is 1.03. The smallest absolute Gasteiger partial charge is 0.264 e. The molecule has 29 heavy (non-hydrogen) atoms.